The molecule has 21 heavy (non-hydrogen) atoms. The van der Waals surface area contributed by atoms with E-state index < -0.39 is 35.0 Å². The van der Waals surface area contributed by atoms with E-state index in [1.165, 1.54) is 0 Å². The normalized spacial score (nSPS) is 27.3. The van der Waals surface area contributed by atoms with Crippen LogP contribution in [-0.4, -0.2) is 53.2 Å². The number of halogens is 3. The fraction of sp³-hybridized carbons (Fsp3) is 0.750. The third-order valence-electron chi connectivity index (χ3n) is 4.34. The number of hydrogen-bond acceptors (Lipinski definition) is 4. The molecule has 2 rings (SSSR count). The number of nitrogens with zero attached hydrogens (tertiary/aromatic N) is 1. The summed E-state index contributed by atoms with van der Waals surface area (Å²) < 4.78 is 42.7. The summed E-state index contributed by atoms with van der Waals surface area (Å²) in [7, 11) is 0.969. The van der Waals surface area contributed by atoms with E-state index in [9.17, 15) is 32.7 Å². The molecule has 1 unspecified atom stereocenters. The minimum atomic E-state index is -5.17. The van der Waals surface area contributed by atoms with E-state index in [-0.39, 0.29) is 32.2 Å². The van der Waals surface area contributed by atoms with Crippen LogP contribution in [0.2, 0.25) is 0 Å². The Balaban J connectivity index is 2.53. The van der Waals surface area contributed by atoms with Crippen molar-refractivity contribution in [3.63, 3.8) is 0 Å². The van der Waals surface area contributed by atoms with Gasteiger partial charge in [0.1, 0.15) is 5.41 Å². The molecule has 2 aliphatic rings. The molecule has 0 bridgehead atoms. The summed E-state index contributed by atoms with van der Waals surface area (Å²) in [4.78, 5) is 35.6. The number of ether oxygens (including phenoxy) is 1. The van der Waals surface area contributed by atoms with Gasteiger partial charge in [-0.1, -0.05) is 0 Å². The van der Waals surface area contributed by atoms with Gasteiger partial charge in [-0.05, 0) is 25.7 Å². The van der Waals surface area contributed by atoms with Gasteiger partial charge in [0.05, 0.1) is 7.11 Å². The van der Waals surface area contributed by atoms with E-state index in [1.807, 2.05) is 0 Å². The van der Waals surface area contributed by atoms with Crippen molar-refractivity contribution in [2.45, 2.75) is 37.4 Å². The molecule has 2 fully saturated rings. The Morgan fingerprint density at radius 2 is 1.76 bits per heavy atom. The SMILES string of the molecule is COC(=O)C1(C2(C(=O)O)CC2)CCCN1C(=O)C(F)(F)F. The molecule has 1 aliphatic heterocycles. The van der Waals surface area contributed by atoms with E-state index in [2.05, 4.69) is 4.74 Å². The number of methoxy groups -OCH3 is 1. The second kappa shape index (κ2) is 4.60. The first kappa shape index (κ1) is 15.6. The van der Waals surface area contributed by atoms with Gasteiger partial charge in [-0.2, -0.15) is 13.2 Å². The first-order valence-corrected chi connectivity index (χ1v) is 6.34. The molecule has 0 spiro atoms. The number of carbonyl (C=O) groups excluding carboxylic acids is 2. The number of rotatable bonds is 3. The van der Waals surface area contributed by atoms with Crippen molar-refractivity contribution in [3.8, 4) is 0 Å². The molecule has 1 saturated carbocycles. The molecule has 1 saturated heterocycles. The maximum absolute atomic E-state index is 12.7. The molecular formula is C12H14F3NO5. The van der Waals surface area contributed by atoms with Crippen molar-refractivity contribution in [2.75, 3.05) is 13.7 Å². The van der Waals surface area contributed by atoms with Gasteiger partial charge in [-0.25, -0.2) is 4.79 Å². The van der Waals surface area contributed by atoms with Gasteiger partial charge in [0.25, 0.3) is 0 Å². The number of hydrogen-bond donors (Lipinski definition) is 1. The zero-order chi connectivity index (χ0) is 16.1. The molecule has 0 aromatic rings. The number of aliphatic carboxylic acids is 1. The average molecular weight is 309 g/mol. The van der Waals surface area contributed by atoms with E-state index in [4.69, 9.17) is 0 Å². The topological polar surface area (TPSA) is 83.9 Å². The summed E-state index contributed by atoms with van der Waals surface area (Å²) in [6, 6.07) is 0. The Morgan fingerprint density at radius 1 is 1.19 bits per heavy atom. The molecule has 0 aromatic heterocycles. The van der Waals surface area contributed by atoms with Crippen LogP contribution in [0.4, 0.5) is 13.2 Å². The van der Waals surface area contributed by atoms with Gasteiger partial charge in [0.15, 0.2) is 5.54 Å². The smallest absolute Gasteiger partial charge is 0.471 e. The van der Waals surface area contributed by atoms with E-state index >= 15 is 0 Å². The molecule has 1 aliphatic carbocycles. The molecule has 1 atom stereocenters. The highest BCUT2D eigenvalue weighted by Crippen LogP contribution is 2.61. The Hall–Kier alpha value is -1.80. The number of carboxylic acid groups (broad SMARTS) is 1. The molecular weight excluding hydrogens is 295 g/mol. The molecule has 9 heteroatoms. The first-order valence-electron chi connectivity index (χ1n) is 6.34. The first-order chi connectivity index (χ1) is 9.63. The number of amides is 1. The van der Waals surface area contributed by atoms with Crippen LogP contribution < -0.4 is 0 Å². The Morgan fingerprint density at radius 3 is 2.14 bits per heavy atom. The van der Waals surface area contributed by atoms with Gasteiger partial charge in [0, 0.05) is 6.54 Å². The molecule has 1 N–H and O–H groups in total. The van der Waals surface area contributed by atoms with Gasteiger partial charge >= 0.3 is 24.0 Å². The largest absolute Gasteiger partial charge is 0.481 e. The van der Waals surface area contributed by atoms with E-state index in [1.54, 1.807) is 0 Å². The Bertz CT molecular complexity index is 500. The van der Waals surface area contributed by atoms with Gasteiger partial charge in [-0.15, -0.1) is 0 Å². The Labute approximate surface area is 117 Å². The van der Waals surface area contributed by atoms with Crippen molar-refractivity contribution in [1.82, 2.24) is 4.90 Å². The summed E-state index contributed by atoms with van der Waals surface area (Å²) in [6.07, 6.45) is -5.12. The van der Waals surface area contributed by atoms with Crippen molar-refractivity contribution >= 4 is 17.8 Å². The fourth-order valence-corrected chi connectivity index (χ4v) is 3.25. The lowest BCUT2D eigenvalue weighted by Gasteiger charge is -2.40. The van der Waals surface area contributed by atoms with Crippen molar-refractivity contribution in [3.05, 3.63) is 0 Å². The maximum Gasteiger partial charge on any atom is 0.471 e. The standard InChI is InChI=1S/C12H14F3NO5/c1-21-9(20)11(10(4-5-10)8(18)19)3-2-6-16(11)7(17)12(13,14)15/h2-6H2,1H3,(H,18,19). The highest BCUT2D eigenvalue weighted by Gasteiger charge is 2.74. The lowest BCUT2D eigenvalue weighted by molar-refractivity contribution is -0.198. The van der Waals surface area contributed by atoms with Crippen LogP contribution in [0.15, 0.2) is 0 Å². The monoisotopic (exact) mass is 309 g/mol. The van der Waals surface area contributed by atoms with Gasteiger partial charge < -0.3 is 14.7 Å². The second-order valence-corrected chi connectivity index (χ2v) is 5.30. The zero-order valence-electron chi connectivity index (χ0n) is 11.2. The van der Waals surface area contributed by atoms with E-state index in [0.29, 0.717) is 4.90 Å². The number of esters is 1. The summed E-state index contributed by atoms with van der Waals surface area (Å²) in [5, 5.41) is 9.35. The van der Waals surface area contributed by atoms with Gasteiger partial charge in [-0.3, -0.25) is 9.59 Å². The third-order valence-corrected chi connectivity index (χ3v) is 4.34. The summed E-state index contributed by atoms with van der Waals surface area (Å²) in [5.41, 5.74) is -3.75. The van der Waals surface area contributed by atoms with Crippen LogP contribution in [0.25, 0.3) is 0 Å². The molecule has 0 radical (unpaired) electrons. The van der Waals surface area contributed by atoms with Crippen LogP contribution >= 0.6 is 0 Å². The third kappa shape index (κ3) is 1.97. The van der Waals surface area contributed by atoms with Crippen LogP contribution in [-0.2, 0) is 19.1 Å². The minimum absolute atomic E-state index is 0.0407. The van der Waals surface area contributed by atoms with Crippen molar-refractivity contribution in [2.24, 2.45) is 5.41 Å². The van der Waals surface area contributed by atoms with Crippen molar-refractivity contribution < 1.29 is 37.4 Å². The van der Waals surface area contributed by atoms with Crippen LogP contribution in [0.5, 0.6) is 0 Å². The molecule has 1 amide bonds. The van der Waals surface area contributed by atoms with Crippen molar-refractivity contribution in [1.29, 1.82) is 0 Å². The van der Waals surface area contributed by atoms with Crippen LogP contribution in [0.3, 0.4) is 0 Å². The second-order valence-electron chi connectivity index (χ2n) is 5.30. The fourth-order valence-electron chi connectivity index (χ4n) is 3.25. The minimum Gasteiger partial charge on any atom is -0.481 e. The summed E-state index contributed by atoms with van der Waals surface area (Å²) >= 11 is 0. The van der Waals surface area contributed by atoms with Crippen LogP contribution in [0, 0.1) is 5.41 Å². The molecule has 118 valence electrons. The molecule has 0 aromatic carbocycles. The van der Waals surface area contributed by atoms with E-state index in [0.717, 1.165) is 7.11 Å². The number of alkyl halides is 3. The highest BCUT2D eigenvalue weighted by molar-refractivity contribution is 5.98. The number of carbonyl (C=O) groups is 3. The number of carboxylic acids is 1. The quantitative estimate of drug-likeness (QED) is 0.785. The molecule has 6 nitrogen and oxygen atoms in total. The molecule has 1 heterocycles. The average Bonchev–Trinajstić information content (AvgIpc) is 3.10. The Kier molecular flexibility index (Phi) is 3.42. The number of likely N-dealkylation sites (tertiary alicyclic amines) is 1. The maximum atomic E-state index is 12.7. The van der Waals surface area contributed by atoms with Gasteiger partial charge in [0.2, 0.25) is 0 Å². The van der Waals surface area contributed by atoms with Crippen LogP contribution in [0.1, 0.15) is 25.7 Å². The summed E-state index contributed by atoms with van der Waals surface area (Å²) in [6.45, 7) is -0.317. The summed E-state index contributed by atoms with van der Waals surface area (Å²) in [5.74, 6) is -4.68. The predicted octanol–water partition coefficient (Wildman–Crippen LogP) is 0.948. The zero-order valence-corrected chi connectivity index (χ0v) is 11.2. The lowest BCUT2D eigenvalue weighted by atomic mass is 9.78. The lowest BCUT2D eigenvalue weighted by Crippen LogP contribution is -2.63. The highest BCUT2D eigenvalue weighted by atomic mass is 19.4. The predicted molar refractivity (Wildman–Crippen MR) is 61.1 cm³/mol.